The number of nitrogens with zero attached hydrogens (tertiary/aromatic N) is 2. The highest BCUT2D eigenvalue weighted by molar-refractivity contribution is 7.99. The molecule has 0 unspecified atom stereocenters. The molecule has 1 heterocycles. The van der Waals surface area contributed by atoms with Crippen molar-refractivity contribution in [2.45, 2.75) is 43.3 Å². The van der Waals surface area contributed by atoms with Crippen LogP contribution in [0.2, 0.25) is 0 Å². The minimum absolute atomic E-state index is 0.0473. The zero-order valence-electron chi connectivity index (χ0n) is 16.2. The van der Waals surface area contributed by atoms with Gasteiger partial charge in [-0.25, -0.2) is 13.8 Å². The van der Waals surface area contributed by atoms with Gasteiger partial charge in [0.05, 0.1) is 22.3 Å². The van der Waals surface area contributed by atoms with Crippen LogP contribution in [-0.4, -0.2) is 21.2 Å². The molecule has 1 aliphatic rings. The van der Waals surface area contributed by atoms with Gasteiger partial charge in [0, 0.05) is 12.1 Å². The number of carbonyl (C=O) groups is 1. The van der Waals surface area contributed by atoms with Crippen molar-refractivity contribution < 1.29 is 13.6 Å². The molecule has 8 heteroatoms. The van der Waals surface area contributed by atoms with Crippen LogP contribution in [0.1, 0.15) is 38.1 Å². The molecule has 156 valence electrons. The van der Waals surface area contributed by atoms with Gasteiger partial charge >= 0.3 is 0 Å². The molecular weight excluding hydrogens is 408 g/mol. The number of para-hydroxylation sites is 1. The molecule has 0 spiro atoms. The summed E-state index contributed by atoms with van der Waals surface area (Å²) in [7, 11) is 0. The Labute approximate surface area is 176 Å². The number of amides is 1. The summed E-state index contributed by atoms with van der Waals surface area (Å²) < 4.78 is 28.6. The molecule has 0 bridgehead atoms. The van der Waals surface area contributed by atoms with E-state index in [-0.39, 0.29) is 23.0 Å². The molecule has 2 aromatic carbocycles. The van der Waals surface area contributed by atoms with Gasteiger partial charge < -0.3 is 5.32 Å². The van der Waals surface area contributed by atoms with E-state index in [2.05, 4.69) is 10.3 Å². The minimum Gasteiger partial charge on any atom is -0.323 e. The third kappa shape index (κ3) is 4.38. The van der Waals surface area contributed by atoms with Gasteiger partial charge in [0.25, 0.3) is 5.56 Å². The van der Waals surface area contributed by atoms with Crippen LogP contribution in [0.25, 0.3) is 10.9 Å². The standard InChI is InChI=1S/C22H21F2N3O2S/c23-14-10-11-19(17(24)12-14)25-20(28)13-30-22-26-18-9-5-4-8-16(18)21(29)27(22)15-6-2-1-3-7-15/h4-5,8-12,15H,1-3,6-7,13H2,(H,25,28). The average Bonchev–Trinajstić information content (AvgIpc) is 2.75. The number of carbonyl (C=O) groups excluding carboxylic acids is 1. The molecule has 5 nitrogen and oxygen atoms in total. The molecule has 1 saturated carbocycles. The largest absolute Gasteiger partial charge is 0.323 e. The van der Waals surface area contributed by atoms with Crippen molar-refractivity contribution in [1.29, 1.82) is 0 Å². The summed E-state index contributed by atoms with van der Waals surface area (Å²) in [6.07, 6.45) is 5.07. The van der Waals surface area contributed by atoms with Gasteiger partial charge in [0.2, 0.25) is 5.91 Å². The lowest BCUT2D eigenvalue weighted by Gasteiger charge is -2.26. The van der Waals surface area contributed by atoms with E-state index in [4.69, 9.17) is 0 Å². The molecule has 1 aromatic heterocycles. The number of hydrogen-bond acceptors (Lipinski definition) is 4. The number of benzene rings is 2. The van der Waals surface area contributed by atoms with Crippen LogP contribution >= 0.6 is 11.8 Å². The van der Waals surface area contributed by atoms with Gasteiger partial charge in [-0.3, -0.25) is 14.2 Å². The molecule has 3 aromatic rings. The van der Waals surface area contributed by atoms with Gasteiger partial charge in [-0.15, -0.1) is 0 Å². The number of hydrogen-bond donors (Lipinski definition) is 1. The second-order valence-corrected chi connectivity index (χ2v) is 8.28. The predicted molar refractivity (Wildman–Crippen MR) is 114 cm³/mol. The maximum absolute atomic E-state index is 13.8. The van der Waals surface area contributed by atoms with Crippen molar-refractivity contribution in [2.75, 3.05) is 11.1 Å². The van der Waals surface area contributed by atoms with E-state index >= 15 is 0 Å². The highest BCUT2D eigenvalue weighted by Crippen LogP contribution is 2.31. The van der Waals surface area contributed by atoms with Crippen LogP contribution in [-0.2, 0) is 4.79 Å². The first-order valence-corrected chi connectivity index (χ1v) is 10.9. The molecule has 1 N–H and O–H groups in total. The maximum Gasteiger partial charge on any atom is 0.262 e. The third-order valence-electron chi connectivity index (χ3n) is 5.25. The average molecular weight is 429 g/mol. The molecule has 1 amide bonds. The first-order chi connectivity index (χ1) is 14.5. The Balaban J connectivity index is 1.59. The van der Waals surface area contributed by atoms with Crippen LogP contribution in [0.15, 0.2) is 52.4 Å². The lowest BCUT2D eigenvalue weighted by molar-refractivity contribution is -0.113. The second kappa shape index (κ2) is 8.95. The molecule has 4 rings (SSSR count). The number of nitrogens with one attached hydrogen (secondary N) is 1. The van der Waals surface area contributed by atoms with Crippen molar-refractivity contribution in [3.05, 3.63) is 64.5 Å². The number of aromatic nitrogens is 2. The first kappa shape index (κ1) is 20.5. The van der Waals surface area contributed by atoms with E-state index in [0.717, 1.165) is 49.9 Å². The van der Waals surface area contributed by atoms with Crippen LogP contribution in [0.3, 0.4) is 0 Å². The Morgan fingerprint density at radius 3 is 2.67 bits per heavy atom. The van der Waals surface area contributed by atoms with Gasteiger partial charge in [0.1, 0.15) is 11.6 Å². The molecule has 0 radical (unpaired) electrons. The molecule has 0 saturated heterocycles. The fraction of sp³-hybridized carbons (Fsp3) is 0.318. The molecular formula is C22H21F2N3O2S. The molecule has 0 atom stereocenters. The SMILES string of the molecule is O=C(CSc1nc2ccccc2c(=O)n1C1CCCCC1)Nc1ccc(F)cc1F. The normalized spacial score (nSPS) is 14.7. The molecule has 1 fully saturated rings. The Morgan fingerprint density at radius 2 is 1.90 bits per heavy atom. The zero-order chi connectivity index (χ0) is 21.1. The summed E-state index contributed by atoms with van der Waals surface area (Å²) in [6, 6.07) is 10.2. The summed E-state index contributed by atoms with van der Waals surface area (Å²) in [6.45, 7) is 0. The van der Waals surface area contributed by atoms with E-state index < -0.39 is 17.5 Å². The predicted octanol–water partition coefficient (Wildman–Crippen LogP) is 4.91. The summed E-state index contributed by atoms with van der Waals surface area (Å²) >= 11 is 1.15. The summed E-state index contributed by atoms with van der Waals surface area (Å²) in [4.78, 5) is 30.2. The van der Waals surface area contributed by atoms with Crippen molar-refractivity contribution in [3.63, 3.8) is 0 Å². The zero-order valence-corrected chi connectivity index (χ0v) is 17.1. The molecule has 30 heavy (non-hydrogen) atoms. The number of rotatable bonds is 5. The van der Waals surface area contributed by atoms with Gasteiger partial charge in [-0.2, -0.15) is 0 Å². The smallest absolute Gasteiger partial charge is 0.262 e. The molecule has 0 aliphatic heterocycles. The molecule has 1 aliphatic carbocycles. The number of thioether (sulfide) groups is 1. The summed E-state index contributed by atoms with van der Waals surface area (Å²) in [5.74, 6) is -2.05. The summed E-state index contributed by atoms with van der Waals surface area (Å²) in [5.41, 5.74) is 0.403. The lowest BCUT2D eigenvalue weighted by Crippen LogP contribution is -2.29. The van der Waals surface area contributed by atoms with Gasteiger partial charge in [-0.1, -0.05) is 43.2 Å². The Kier molecular flexibility index (Phi) is 6.13. The topological polar surface area (TPSA) is 64.0 Å². The van der Waals surface area contributed by atoms with Crippen LogP contribution in [0.5, 0.6) is 0 Å². The van der Waals surface area contributed by atoms with Crippen LogP contribution < -0.4 is 10.9 Å². The van der Waals surface area contributed by atoms with Crippen LogP contribution in [0.4, 0.5) is 14.5 Å². The van der Waals surface area contributed by atoms with Crippen molar-refractivity contribution in [3.8, 4) is 0 Å². The first-order valence-electron chi connectivity index (χ1n) is 9.92. The van der Waals surface area contributed by atoms with Crippen molar-refractivity contribution >= 4 is 34.3 Å². The number of anilines is 1. The Bertz CT molecular complexity index is 1140. The Morgan fingerprint density at radius 1 is 1.13 bits per heavy atom. The van der Waals surface area contributed by atoms with E-state index in [0.29, 0.717) is 22.1 Å². The quantitative estimate of drug-likeness (QED) is 0.462. The monoisotopic (exact) mass is 429 g/mol. The number of fused-ring (bicyclic) bond motifs is 1. The van der Waals surface area contributed by atoms with E-state index in [1.54, 1.807) is 16.7 Å². The third-order valence-corrected chi connectivity index (χ3v) is 6.21. The Hall–Kier alpha value is -2.74. The van der Waals surface area contributed by atoms with E-state index in [9.17, 15) is 18.4 Å². The van der Waals surface area contributed by atoms with Gasteiger partial charge in [0.15, 0.2) is 5.16 Å². The minimum atomic E-state index is -0.837. The van der Waals surface area contributed by atoms with E-state index in [1.165, 1.54) is 6.07 Å². The van der Waals surface area contributed by atoms with Crippen LogP contribution in [0, 0.1) is 11.6 Å². The highest BCUT2D eigenvalue weighted by atomic mass is 32.2. The van der Waals surface area contributed by atoms with E-state index in [1.807, 2.05) is 12.1 Å². The number of halogens is 2. The summed E-state index contributed by atoms with van der Waals surface area (Å²) in [5, 5.41) is 3.49. The fourth-order valence-corrected chi connectivity index (χ4v) is 4.66. The van der Waals surface area contributed by atoms with Gasteiger partial charge in [-0.05, 0) is 37.1 Å². The fourth-order valence-electron chi connectivity index (χ4n) is 3.80. The van der Waals surface area contributed by atoms with Crippen molar-refractivity contribution in [1.82, 2.24) is 9.55 Å². The lowest BCUT2D eigenvalue weighted by atomic mass is 9.95. The maximum atomic E-state index is 13.8. The highest BCUT2D eigenvalue weighted by Gasteiger charge is 2.22. The van der Waals surface area contributed by atoms with Crippen molar-refractivity contribution in [2.24, 2.45) is 0 Å². The second-order valence-electron chi connectivity index (χ2n) is 7.34.